The van der Waals surface area contributed by atoms with E-state index in [0.29, 0.717) is 11.5 Å². The minimum atomic E-state index is -0.360. The van der Waals surface area contributed by atoms with Crippen LogP contribution < -0.4 is 9.47 Å². The van der Waals surface area contributed by atoms with Crippen LogP contribution in [-0.4, -0.2) is 20.3 Å². The van der Waals surface area contributed by atoms with Crippen LogP contribution in [0.4, 0.5) is 0 Å². The van der Waals surface area contributed by atoms with E-state index in [1.807, 2.05) is 18.2 Å². The van der Waals surface area contributed by atoms with Crippen LogP contribution in [0.3, 0.4) is 0 Å². The molecule has 4 nitrogen and oxygen atoms in total. The van der Waals surface area contributed by atoms with Gasteiger partial charge >= 0.3 is 0 Å². The van der Waals surface area contributed by atoms with Gasteiger partial charge in [-0.05, 0) is 30.5 Å². The summed E-state index contributed by atoms with van der Waals surface area (Å²) in [6.45, 7) is 0. The van der Waals surface area contributed by atoms with E-state index in [4.69, 9.17) is 9.47 Å². The lowest BCUT2D eigenvalue weighted by molar-refractivity contribution is 0.354. The molecule has 0 N–H and O–H groups in total. The Hall–Kier alpha value is -1.80. The number of aliphatic imine (C=N–C) groups is 1. The maximum atomic E-state index is 10.4. The number of hydrogen-bond acceptors (Lipinski definition) is 4. The van der Waals surface area contributed by atoms with Gasteiger partial charge in [-0.15, -0.1) is 0 Å². The van der Waals surface area contributed by atoms with Gasteiger partial charge in [0.1, 0.15) is 0 Å². The molecule has 0 radical (unpaired) electrons. The molecule has 0 amide bonds. The van der Waals surface area contributed by atoms with E-state index in [-0.39, 0.29) is 5.54 Å². The highest BCUT2D eigenvalue weighted by atomic mass is 16.5. The summed E-state index contributed by atoms with van der Waals surface area (Å²) >= 11 is 0. The molecule has 16 heavy (non-hydrogen) atoms. The fourth-order valence-corrected chi connectivity index (χ4v) is 1.80. The number of methoxy groups -OCH3 is 2. The van der Waals surface area contributed by atoms with Gasteiger partial charge < -0.3 is 9.47 Å². The summed E-state index contributed by atoms with van der Waals surface area (Å²) in [5.74, 6) is 1.34. The van der Waals surface area contributed by atoms with Crippen molar-refractivity contribution in [3.63, 3.8) is 0 Å². The van der Waals surface area contributed by atoms with Crippen molar-refractivity contribution in [1.82, 2.24) is 0 Å². The Balaban J connectivity index is 2.40. The normalized spacial score (nSPS) is 16.1. The number of carbonyl (C=O) groups excluding carboxylic acids is 1. The molecule has 0 bridgehead atoms. The average molecular weight is 219 g/mol. The number of nitrogens with zero attached hydrogens (tertiary/aromatic N) is 1. The van der Waals surface area contributed by atoms with Crippen molar-refractivity contribution in [3.8, 4) is 11.5 Å². The van der Waals surface area contributed by atoms with Gasteiger partial charge in [-0.1, -0.05) is 6.07 Å². The topological polar surface area (TPSA) is 47.9 Å². The molecule has 1 aromatic carbocycles. The minimum Gasteiger partial charge on any atom is -0.493 e. The van der Waals surface area contributed by atoms with Gasteiger partial charge in [-0.2, -0.15) is 4.99 Å². The van der Waals surface area contributed by atoms with Crippen molar-refractivity contribution in [3.05, 3.63) is 23.8 Å². The fourth-order valence-electron chi connectivity index (χ4n) is 1.80. The van der Waals surface area contributed by atoms with E-state index in [2.05, 4.69) is 4.99 Å². The van der Waals surface area contributed by atoms with Crippen molar-refractivity contribution in [2.24, 2.45) is 4.99 Å². The fraction of sp³-hybridized carbons (Fsp3) is 0.417. The highest BCUT2D eigenvalue weighted by Crippen LogP contribution is 2.50. The predicted molar refractivity (Wildman–Crippen MR) is 58.6 cm³/mol. The van der Waals surface area contributed by atoms with Crippen molar-refractivity contribution in [1.29, 1.82) is 0 Å². The third kappa shape index (κ3) is 1.68. The Morgan fingerprint density at radius 3 is 2.44 bits per heavy atom. The molecular formula is C12H13NO3. The second-order valence-electron chi connectivity index (χ2n) is 3.80. The van der Waals surface area contributed by atoms with Crippen molar-refractivity contribution in [2.45, 2.75) is 18.4 Å². The van der Waals surface area contributed by atoms with E-state index in [9.17, 15) is 4.79 Å². The Kier molecular flexibility index (Phi) is 2.67. The SMILES string of the molecule is COc1ccc(C2(N=C=O)CC2)cc1OC. The molecule has 1 aliphatic carbocycles. The monoisotopic (exact) mass is 219 g/mol. The average Bonchev–Trinajstić information content (AvgIpc) is 3.09. The van der Waals surface area contributed by atoms with Gasteiger partial charge in [0.05, 0.1) is 19.8 Å². The summed E-state index contributed by atoms with van der Waals surface area (Å²) in [4.78, 5) is 14.2. The molecule has 0 aromatic heterocycles. The zero-order valence-corrected chi connectivity index (χ0v) is 9.32. The predicted octanol–water partition coefficient (Wildman–Crippen LogP) is 2.03. The molecular weight excluding hydrogens is 206 g/mol. The maximum absolute atomic E-state index is 10.4. The first-order valence-electron chi connectivity index (χ1n) is 5.07. The first-order valence-corrected chi connectivity index (χ1v) is 5.07. The molecule has 0 saturated heterocycles. The molecule has 0 unspecified atom stereocenters. The molecule has 0 spiro atoms. The second-order valence-corrected chi connectivity index (χ2v) is 3.80. The van der Waals surface area contributed by atoms with E-state index in [1.54, 1.807) is 20.3 Å². The van der Waals surface area contributed by atoms with Crippen LogP contribution in [0.2, 0.25) is 0 Å². The third-order valence-corrected chi connectivity index (χ3v) is 2.90. The van der Waals surface area contributed by atoms with Gasteiger partial charge in [0, 0.05) is 0 Å². The van der Waals surface area contributed by atoms with Gasteiger partial charge in [0.25, 0.3) is 0 Å². The quantitative estimate of drug-likeness (QED) is 0.575. The molecule has 0 atom stereocenters. The molecule has 1 saturated carbocycles. The Bertz CT molecular complexity index is 446. The number of ether oxygens (including phenoxy) is 2. The van der Waals surface area contributed by atoms with E-state index >= 15 is 0 Å². The number of rotatable bonds is 4. The molecule has 2 rings (SSSR count). The first-order chi connectivity index (χ1) is 7.75. The van der Waals surface area contributed by atoms with Crippen LogP contribution in [0.15, 0.2) is 23.2 Å². The molecule has 1 fully saturated rings. The van der Waals surface area contributed by atoms with Gasteiger partial charge in [-0.3, -0.25) is 0 Å². The molecule has 0 heterocycles. The van der Waals surface area contributed by atoms with Crippen LogP contribution in [0.1, 0.15) is 18.4 Å². The molecule has 1 aromatic rings. The summed E-state index contributed by atoms with van der Waals surface area (Å²) in [6, 6.07) is 5.61. The van der Waals surface area contributed by atoms with Gasteiger partial charge in [0.15, 0.2) is 11.5 Å². The summed E-state index contributed by atoms with van der Waals surface area (Å²) in [5, 5.41) is 0. The highest BCUT2D eigenvalue weighted by Gasteiger charge is 2.45. The maximum Gasteiger partial charge on any atom is 0.235 e. The molecule has 1 aliphatic rings. The Morgan fingerprint density at radius 2 is 1.94 bits per heavy atom. The molecule has 4 heteroatoms. The molecule has 84 valence electrons. The number of hydrogen-bond donors (Lipinski definition) is 0. The number of benzene rings is 1. The summed E-state index contributed by atoms with van der Waals surface area (Å²) < 4.78 is 10.4. The standard InChI is InChI=1S/C12H13NO3/c1-15-10-4-3-9(7-11(10)16-2)12(5-6-12)13-8-14/h3-4,7H,5-6H2,1-2H3. The lowest BCUT2D eigenvalue weighted by Crippen LogP contribution is -2.03. The van der Waals surface area contributed by atoms with E-state index in [1.165, 1.54) is 0 Å². The van der Waals surface area contributed by atoms with Crippen molar-refractivity contribution < 1.29 is 14.3 Å². The first kappa shape index (κ1) is 10.7. The van der Waals surface area contributed by atoms with E-state index < -0.39 is 0 Å². The molecule has 0 aliphatic heterocycles. The van der Waals surface area contributed by atoms with Crippen LogP contribution in [0, 0.1) is 0 Å². The third-order valence-electron chi connectivity index (χ3n) is 2.90. The summed E-state index contributed by atoms with van der Waals surface area (Å²) in [6.07, 6.45) is 3.41. The largest absolute Gasteiger partial charge is 0.493 e. The summed E-state index contributed by atoms with van der Waals surface area (Å²) in [7, 11) is 3.18. The smallest absolute Gasteiger partial charge is 0.235 e. The lowest BCUT2D eigenvalue weighted by atomic mass is 10.1. The second kappa shape index (κ2) is 3.99. The highest BCUT2D eigenvalue weighted by molar-refractivity contribution is 5.48. The lowest BCUT2D eigenvalue weighted by Gasteiger charge is -2.12. The Labute approximate surface area is 93.9 Å². The van der Waals surface area contributed by atoms with Crippen molar-refractivity contribution in [2.75, 3.05) is 14.2 Å². The van der Waals surface area contributed by atoms with E-state index in [0.717, 1.165) is 18.4 Å². The van der Waals surface area contributed by atoms with Crippen LogP contribution in [-0.2, 0) is 10.3 Å². The zero-order chi connectivity index (χ0) is 11.6. The number of isocyanates is 1. The van der Waals surface area contributed by atoms with Crippen LogP contribution in [0.5, 0.6) is 11.5 Å². The van der Waals surface area contributed by atoms with Gasteiger partial charge in [0.2, 0.25) is 6.08 Å². The van der Waals surface area contributed by atoms with Crippen LogP contribution in [0.25, 0.3) is 0 Å². The summed E-state index contributed by atoms with van der Waals surface area (Å²) in [5.41, 5.74) is 0.620. The zero-order valence-electron chi connectivity index (χ0n) is 9.32. The van der Waals surface area contributed by atoms with Crippen LogP contribution >= 0.6 is 0 Å². The van der Waals surface area contributed by atoms with Gasteiger partial charge in [-0.25, -0.2) is 4.79 Å². The van der Waals surface area contributed by atoms with Crippen molar-refractivity contribution >= 4 is 6.08 Å². The Morgan fingerprint density at radius 1 is 1.25 bits per heavy atom. The minimum absolute atomic E-state index is 0.360.